The molecule has 1 aromatic heterocycles. The number of rotatable bonds is 3. The zero-order valence-electron chi connectivity index (χ0n) is 11.9. The molecular formula is C15H18FN3O. The minimum Gasteiger partial charge on any atom is -0.361 e. The van der Waals surface area contributed by atoms with Crippen molar-refractivity contribution in [1.29, 1.82) is 0 Å². The maximum Gasteiger partial charge on any atom is 0.293 e. The van der Waals surface area contributed by atoms with Crippen LogP contribution in [0.3, 0.4) is 0 Å². The van der Waals surface area contributed by atoms with Gasteiger partial charge in [-0.2, -0.15) is 0 Å². The third-order valence-electron chi connectivity index (χ3n) is 2.97. The first kappa shape index (κ1) is 14.2. The summed E-state index contributed by atoms with van der Waals surface area (Å²) in [5, 5.41) is 2.90. The van der Waals surface area contributed by atoms with Gasteiger partial charge in [-0.25, -0.2) is 9.37 Å². The summed E-state index contributed by atoms with van der Waals surface area (Å²) >= 11 is 0. The van der Waals surface area contributed by atoms with Crippen LogP contribution in [0.25, 0.3) is 0 Å². The number of nitrogens with zero attached hydrogens (tertiary/aromatic N) is 2. The molecule has 2 rings (SSSR count). The molecule has 20 heavy (non-hydrogen) atoms. The van der Waals surface area contributed by atoms with Gasteiger partial charge >= 0.3 is 0 Å². The Balaban J connectivity index is 2.23. The quantitative estimate of drug-likeness (QED) is 0.937. The molecule has 0 aliphatic carbocycles. The van der Waals surface area contributed by atoms with Gasteiger partial charge in [0, 0.05) is 30.0 Å². The fourth-order valence-corrected chi connectivity index (χ4v) is 1.88. The van der Waals surface area contributed by atoms with Crippen LogP contribution >= 0.6 is 0 Å². The summed E-state index contributed by atoms with van der Waals surface area (Å²) in [5.41, 5.74) is -0.0368. The van der Waals surface area contributed by atoms with Crippen LogP contribution in [-0.4, -0.2) is 9.55 Å². The highest BCUT2D eigenvalue weighted by atomic mass is 19.1. The summed E-state index contributed by atoms with van der Waals surface area (Å²) in [6.45, 7) is 6.04. The Hall–Kier alpha value is -2.17. The Kier molecular flexibility index (Phi) is 3.88. The van der Waals surface area contributed by atoms with Crippen molar-refractivity contribution in [1.82, 2.24) is 9.55 Å². The van der Waals surface area contributed by atoms with Gasteiger partial charge in [0.15, 0.2) is 5.82 Å². The molecule has 0 aliphatic rings. The summed E-state index contributed by atoms with van der Waals surface area (Å²) in [4.78, 5) is 16.3. The second-order valence-electron chi connectivity index (χ2n) is 5.57. The van der Waals surface area contributed by atoms with E-state index in [1.807, 2.05) is 20.8 Å². The highest BCUT2D eigenvalue weighted by Crippen LogP contribution is 2.12. The molecular weight excluding hydrogens is 257 g/mol. The molecule has 0 radical (unpaired) electrons. The molecule has 0 unspecified atom stereocenters. The van der Waals surface area contributed by atoms with E-state index >= 15 is 0 Å². The molecule has 4 nitrogen and oxygen atoms in total. The highest BCUT2D eigenvalue weighted by Gasteiger charge is 2.16. The van der Waals surface area contributed by atoms with E-state index < -0.39 is 0 Å². The van der Waals surface area contributed by atoms with Gasteiger partial charge in [0.05, 0.1) is 0 Å². The summed E-state index contributed by atoms with van der Waals surface area (Å²) < 4.78 is 15.1. The Morgan fingerprint density at radius 2 is 2.00 bits per heavy atom. The molecule has 2 aromatic rings. The Bertz CT molecular complexity index is 659. The molecule has 0 amide bonds. The van der Waals surface area contributed by atoms with E-state index in [0.717, 1.165) is 0 Å². The number of anilines is 1. The monoisotopic (exact) mass is 275 g/mol. The topological polar surface area (TPSA) is 46.9 Å². The lowest BCUT2D eigenvalue weighted by molar-refractivity contribution is 0.383. The first-order valence-electron chi connectivity index (χ1n) is 6.45. The smallest absolute Gasteiger partial charge is 0.293 e. The second kappa shape index (κ2) is 5.45. The molecule has 0 spiro atoms. The lowest BCUT2D eigenvalue weighted by atomic mass is 10.1. The Morgan fingerprint density at radius 3 is 2.65 bits per heavy atom. The number of halogens is 1. The van der Waals surface area contributed by atoms with Crippen molar-refractivity contribution in [3.8, 4) is 0 Å². The van der Waals surface area contributed by atoms with Gasteiger partial charge in [0.2, 0.25) is 0 Å². The molecule has 5 heteroatoms. The van der Waals surface area contributed by atoms with Crippen LogP contribution in [0, 0.1) is 5.82 Å². The number of hydrogen-bond acceptors (Lipinski definition) is 3. The maximum absolute atomic E-state index is 13.5. The van der Waals surface area contributed by atoms with Crippen LogP contribution in [0.4, 0.5) is 10.2 Å². The molecule has 106 valence electrons. The van der Waals surface area contributed by atoms with E-state index in [0.29, 0.717) is 5.56 Å². The Morgan fingerprint density at radius 1 is 1.30 bits per heavy atom. The number of hydrogen-bond donors (Lipinski definition) is 1. The van der Waals surface area contributed by atoms with Gasteiger partial charge in [-0.05, 0) is 26.8 Å². The van der Waals surface area contributed by atoms with Crippen LogP contribution in [-0.2, 0) is 12.1 Å². The Labute approximate surface area is 117 Å². The van der Waals surface area contributed by atoms with Crippen LogP contribution in [0.2, 0.25) is 0 Å². The average molecular weight is 275 g/mol. The van der Waals surface area contributed by atoms with Crippen molar-refractivity contribution in [3.05, 3.63) is 58.4 Å². The van der Waals surface area contributed by atoms with Gasteiger partial charge in [0.1, 0.15) is 5.82 Å². The SMILES string of the molecule is CC(C)(C)n1ccnc(NCc2ccccc2F)c1=O. The summed E-state index contributed by atoms with van der Waals surface area (Å²) in [6, 6.07) is 6.45. The third-order valence-corrected chi connectivity index (χ3v) is 2.97. The van der Waals surface area contributed by atoms with E-state index in [4.69, 9.17) is 0 Å². The highest BCUT2D eigenvalue weighted by molar-refractivity contribution is 5.33. The van der Waals surface area contributed by atoms with E-state index in [2.05, 4.69) is 10.3 Å². The molecule has 0 bridgehead atoms. The van der Waals surface area contributed by atoms with Crippen molar-refractivity contribution in [2.45, 2.75) is 32.9 Å². The lowest BCUT2D eigenvalue weighted by Gasteiger charge is -2.22. The third kappa shape index (κ3) is 3.04. The molecule has 1 heterocycles. The minimum atomic E-state index is -0.325. The van der Waals surface area contributed by atoms with Crippen molar-refractivity contribution < 1.29 is 4.39 Å². The predicted octanol–water partition coefficient (Wildman–Crippen LogP) is 2.75. The van der Waals surface area contributed by atoms with Crippen LogP contribution < -0.4 is 10.9 Å². The van der Waals surface area contributed by atoms with Crippen molar-refractivity contribution >= 4 is 5.82 Å². The van der Waals surface area contributed by atoms with Crippen molar-refractivity contribution in [3.63, 3.8) is 0 Å². The zero-order valence-corrected chi connectivity index (χ0v) is 11.9. The summed E-state index contributed by atoms with van der Waals surface area (Å²) in [5.74, 6) is -0.0715. The lowest BCUT2D eigenvalue weighted by Crippen LogP contribution is -2.35. The van der Waals surface area contributed by atoms with Crippen LogP contribution in [0.15, 0.2) is 41.5 Å². The molecule has 0 saturated heterocycles. The molecule has 1 N–H and O–H groups in total. The van der Waals surface area contributed by atoms with E-state index in [1.54, 1.807) is 35.2 Å². The normalized spacial score (nSPS) is 11.4. The largest absolute Gasteiger partial charge is 0.361 e. The van der Waals surface area contributed by atoms with E-state index in [1.165, 1.54) is 6.07 Å². The predicted molar refractivity (Wildman–Crippen MR) is 77.2 cm³/mol. The second-order valence-corrected chi connectivity index (χ2v) is 5.57. The molecule has 0 fully saturated rings. The van der Waals surface area contributed by atoms with E-state index in [9.17, 15) is 9.18 Å². The first-order chi connectivity index (χ1) is 9.39. The zero-order chi connectivity index (χ0) is 14.8. The minimum absolute atomic E-state index is 0.212. The number of nitrogens with one attached hydrogen (secondary N) is 1. The van der Waals surface area contributed by atoms with Gasteiger partial charge in [0.25, 0.3) is 5.56 Å². The fraction of sp³-hybridized carbons (Fsp3) is 0.333. The molecule has 0 atom stereocenters. The van der Waals surface area contributed by atoms with Gasteiger partial charge in [-0.3, -0.25) is 4.79 Å². The standard InChI is InChI=1S/C15H18FN3O/c1-15(2,3)19-9-8-17-13(14(19)20)18-10-11-6-4-5-7-12(11)16/h4-9H,10H2,1-3H3,(H,17,18). The van der Waals surface area contributed by atoms with Gasteiger partial charge in [-0.15, -0.1) is 0 Å². The van der Waals surface area contributed by atoms with E-state index in [-0.39, 0.29) is 29.3 Å². The summed E-state index contributed by atoms with van der Waals surface area (Å²) in [7, 11) is 0. The van der Waals surface area contributed by atoms with Crippen LogP contribution in [0.1, 0.15) is 26.3 Å². The van der Waals surface area contributed by atoms with Crippen molar-refractivity contribution in [2.75, 3.05) is 5.32 Å². The molecule has 0 aliphatic heterocycles. The van der Waals surface area contributed by atoms with Crippen molar-refractivity contribution in [2.24, 2.45) is 0 Å². The first-order valence-corrected chi connectivity index (χ1v) is 6.45. The average Bonchev–Trinajstić information content (AvgIpc) is 2.38. The van der Waals surface area contributed by atoms with Crippen LogP contribution in [0.5, 0.6) is 0 Å². The fourth-order valence-electron chi connectivity index (χ4n) is 1.88. The summed E-state index contributed by atoms with van der Waals surface area (Å²) in [6.07, 6.45) is 3.22. The maximum atomic E-state index is 13.5. The molecule has 0 saturated carbocycles. The number of aromatic nitrogens is 2. The van der Waals surface area contributed by atoms with Gasteiger partial charge in [-0.1, -0.05) is 18.2 Å². The van der Waals surface area contributed by atoms with Gasteiger partial charge < -0.3 is 9.88 Å². The number of benzene rings is 1. The molecule has 1 aromatic carbocycles.